The number of hydrogen-bond donors (Lipinski definition) is 1. The Hall–Kier alpha value is -3.11. The van der Waals surface area contributed by atoms with Crippen LogP contribution in [0.5, 0.6) is 5.75 Å². The van der Waals surface area contributed by atoms with Gasteiger partial charge >= 0.3 is 0 Å². The number of carbonyl (C=O) groups excluding carboxylic acids is 1. The number of benzene rings is 3. The van der Waals surface area contributed by atoms with E-state index in [0.29, 0.717) is 0 Å². The number of carbonyl (C=O) groups is 1. The molecule has 0 bridgehead atoms. The topological polar surface area (TPSA) is 41.6 Å². The number of fused-ring (bicyclic) bond motifs is 1. The van der Waals surface area contributed by atoms with Gasteiger partial charge in [-0.3, -0.25) is 4.79 Å². The Balaban J connectivity index is 1.44. The van der Waals surface area contributed by atoms with Gasteiger partial charge in [0.25, 0.3) is 0 Å². The van der Waals surface area contributed by atoms with E-state index in [1.165, 1.54) is 11.1 Å². The number of rotatable bonds is 7. The fraction of sp³-hybridized carbons (Fsp3) is 0.406. The molecule has 3 aromatic carbocycles. The average Bonchev–Trinajstić information content (AvgIpc) is 3.53. The average molecular weight is 483 g/mol. The minimum Gasteiger partial charge on any atom is -0.493 e. The van der Waals surface area contributed by atoms with Crippen LogP contribution < -0.4 is 10.1 Å². The van der Waals surface area contributed by atoms with Crippen LogP contribution in [0, 0.1) is 5.92 Å². The van der Waals surface area contributed by atoms with Crippen molar-refractivity contribution in [1.82, 2.24) is 10.2 Å². The Morgan fingerprint density at radius 3 is 2.28 bits per heavy atom. The Morgan fingerprint density at radius 2 is 1.64 bits per heavy atom. The van der Waals surface area contributed by atoms with Crippen LogP contribution >= 0.6 is 0 Å². The number of hydrogen-bond acceptors (Lipinski definition) is 3. The van der Waals surface area contributed by atoms with Crippen LogP contribution in [0.15, 0.2) is 78.9 Å². The molecule has 0 radical (unpaired) electrons. The fourth-order valence-electron chi connectivity index (χ4n) is 6.00. The lowest BCUT2D eigenvalue weighted by molar-refractivity contribution is -0.128. The van der Waals surface area contributed by atoms with Crippen LogP contribution in [0.2, 0.25) is 0 Å². The monoisotopic (exact) mass is 482 g/mol. The molecule has 1 atom stereocenters. The lowest BCUT2D eigenvalue weighted by Gasteiger charge is -2.41. The van der Waals surface area contributed by atoms with Gasteiger partial charge in [0.2, 0.25) is 5.91 Å². The van der Waals surface area contributed by atoms with Crippen molar-refractivity contribution in [2.45, 2.75) is 51.0 Å². The predicted molar refractivity (Wildman–Crippen MR) is 145 cm³/mol. The Morgan fingerprint density at radius 1 is 0.972 bits per heavy atom. The third-order valence-electron chi connectivity index (χ3n) is 7.66. The molecule has 0 aromatic heterocycles. The van der Waals surface area contributed by atoms with Crippen molar-refractivity contribution >= 4 is 5.91 Å². The molecule has 2 aliphatic rings. The smallest absolute Gasteiger partial charge is 0.235 e. The van der Waals surface area contributed by atoms with Crippen molar-refractivity contribution in [2.75, 3.05) is 26.2 Å². The van der Waals surface area contributed by atoms with Crippen LogP contribution in [0.3, 0.4) is 0 Å². The van der Waals surface area contributed by atoms with Crippen molar-refractivity contribution < 1.29 is 9.53 Å². The van der Waals surface area contributed by atoms with Crippen LogP contribution in [0.1, 0.15) is 49.4 Å². The molecule has 4 heteroatoms. The van der Waals surface area contributed by atoms with Crippen LogP contribution in [0.25, 0.3) is 0 Å². The first kappa shape index (κ1) is 24.6. The van der Waals surface area contributed by atoms with E-state index in [1.54, 1.807) is 0 Å². The van der Waals surface area contributed by atoms with Gasteiger partial charge in [-0.15, -0.1) is 0 Å². The highest BCUT2D eigenvalue weighted by Gasteiger charge is 2.51. The molecule has 4 nitrogen and oxygen atoms in total. The van der Waals surface area contributed by atoms with Crippen LogP contribution in [-0.4, -0.2) is 42.6 Å². The van der Waals surface area contributed by atoms with Gasteiger partial charge in [-0.05, 0) is 74.4 Å². The maximum atomic E-state index is 14.3. The lowest BCUT2D eigenvalue weighted by atomic mass is 9.64. The number of nitrogens with one attached hydrogen (secondary N) is 1. The minimum absolute atomic E-state index is 0.0953. The molecular weight excluding hydrogens is 444 g/mol. The van der Waals surface area contributed by atoms with Gasteiger partial charge in [0.15, 0.2) is 0 Å². The zero-order chi connectivity index (χ0) is 25.2. The molecule has 36 heavy (non-hydrogen) atoms. The summed E-state index contributed by atoms with van der Waals surface area (Å²) in [6.07, 6.45) is 3.01. The van der Waals surface area contributed by atoms with E-state index in [1.807, 2.05) is 12.1 Å². The Kier molecular flexibility index (Phi) is 6.90. The molecule has 0 spiro atoms. The predicted octanol–water partition coefficient (Wildman–Crippen LogP) is 5.39. The maximum Gasteiger partial charge on any atom is 0.235 e. The maximum absolute atomic E-state index is 14.3. The highest BCUT2D eigenvalue weighted by atomic mass is 16.5. The molecule has 0 saturated carbocycles. The van der Waals surface area contributed by atoms with Gasteiger partial charge in [0, 0.05) is 25.0 Å². The number of amides is 1. The molecule has 2 heterocycles. The first-order valence-corrected chi connectivity index (χ1v) is 13.3. The van der Waals surface area contributed by atoms with Crippen molar-refractivity contribution in [3.05, 3.63) is 101 Å². The van der Waals surface area contributed by atoms with E-state index in [2.05, 4.69) is 97.7 Å². The molecule has 2 aliphatic heterocycles. The van der Waals surface area contributed by atoms with E-state index < -0.39 is 5.41 Å². The normalized spacial score (nSPS) is 18.0. The molecule has 1 saturated heterocycles. The Bertz CT molecular complexity index is 1140. The molecule has 1 fully saturated rings. The molecule has 188 valence electrons. The van der Waals surface area contributed by atoms with Gasteiger partial charge in [0.1, 0.15) is 11.2 Å². The van der Waals surface area contributed by atoms with Gasteiger partial charge in [-0.1, -0.05) is 72.8 Å². The zero-order valence-corrected chi connectivity index (χ0v) is 21.8. The summed E-state index contributed by atoms with van der Waals surface area (Å²) in [5, 5.41) is 3.36. The summed E-state index contributed by atoms with van der Waals surface area (Å²) in [6, 6.07) is 27.4. The van der Waals surface area contributed by atoms with Crippen molar-refractivity contribution in [2.24, 2.45) is 5.92 Å². The first-order chi connectivity index (χ1) is 17.4. The molecule has 1 unspecified atom stereocenters. The number of nitrogens with zero attached hydrogens (tertiary/aromatic N) is 1. The minimum atomic E-state index is -0.741. The summed E-state index contributed by atoms with van der Waals surface area (Å²) < 4.78 is 5.68. The third-order valence-corrected chi connectivity index (χ3v) is 7.66. The van der Waals surface area contributed by atoms with Crippen LogP contribution in [0.4, 0.5) is 0 Å². The summed E-state index contributed by atoms with van der Waals surface area (Å²) in [5.41, 5.74) is 3.78. The standard InChI is InChI=1S/C32H38N2O2/c1-31(2,3)33-30(35)32(26-10-6-4-7-11-26,27-12-8-5-9-13-27)28-17-20-34(23-28)19-16-24-14-15-29-25(22-24)18-21-36-29/h4-15,22,28H,16-21,23H2,1-3H3,(H,33,35). The van der Waals surface area contributed by atoms with Crippen molar-refractivity contribution in [3.8, 4) is 5.75 Å². The second-order valence-corrected chi connectivity index (χ2v) is 11.3. The number of ether oxygens (including phenoxy) is 1. The Labute approximate surface area is 215 Å². The summed E-state index contributed by atoms with van der Waals surface area (Å²) in [7, 11) is 0. The van der Waals surface area contributed by atoms with E-state index in [9.17, 15) is 4.79 Å². The van der Waals surface area contributed by atoms with Gasteiger partial charge in [-0.25, -0.2) is 0 Å². The molecule has 1 amide bonds. The molecule has 3 aromatic rings. The molecular formula is C32H38N2O2. The second-order valence-electron chi connectivity index (χ2n) is 11.3. The van der Waals surface area contributed by atoms with Crippen molar-refractivity contribution in [1.29, 1.82) is 0 Å². The van der Waals surface area contributed by atoms with Gasteiger partial charge in [0.05, 0.1) is 6.61 Å². The SMILES string of the molecule is CC(C)(C)NC(=O)C(c1ccccc1)(c1ccccc1)C1CCN(CCc2ccc3c(c2)CCO3)C1. The fourth-order valence-corrected chi connectivity index (χ4v) is 6.00. The van der Waals surface area contributed by atoms with Crippen molar-refractivity contribution in [3.63, 3.8) is 0 Å². The second kappa shape index (κ2) is 10.1. The largest absolute Gasteiger partial charge is 0.493 e. The molecule has 1 N–H and O–H groups in total. The summed E-state index contributed by atoms with van der Waals surface area (Å²) >= 11 is 0. The van der Waals surface area contributed by atoms with Gasteiger partial charge in [-0.2, -0.15) is 0 Å². The highest BCUT2D eigenvalue weighted by molar-refractivity contribution is 5.93. The lowest BCUT2D eigenvalue weighted by Crippen LogP contribution is -2.55. The summed E-state index contributed by atoms with van der Waals surface area (Å²) in [6.45, 7) is 9.88. The third kappa shape index (κ3) is 4.92. The molecule has 0 aliphatic carbocycles. The summed E-state index contributed by atoms with van der Waals surface area (Å²) in [4.78, 5) is 16.9. The highest BCUT2D eigenvalue weighted by Crippen LogP contribution is 2.44. The van der Waals surface area contributed by atoms with E-state index in [0.717, 1.165) is 62.4 Å². The zero-order valence-electron chi connectivity index (χ0n) is 21.8. The van der Waals surface area contributed by atoms with E-state index >= 15 is 0 Å². The number of likely N-dealkylation sites (tertiary alicyclic amines) is 1. The van der Waals surface area contributed by atoms with E-state index in [4.69, 9.17) is 4.74 Å². The first-order valence-electron chi connectivity index (χ1n) is 13.3. The quantitative estimate of drug-likeness (QED) is 0.491. The summed E-state index contributed by atoms with van der Waals surface area (Å²) in [5.74, 6) is 1.32. The van der Waals surface area contributed by atoms with Crippen LogP contribution in [-0.2, 0) is 23.1 Å². The van der Waals surface area contributed by atoms with Gasteiger partial charge < -0.3 is 15.0 Å². The van der Waals surface area contributed by atoms with E-state index in [-0.39, 0.29) is 17.4 Å². The molecule has 5 rings (SSSR count).